The molecule has 190 valence electrons. The molecule has 1 atom stereocenters. The smallest absolute Gasteiger partial charge is 0.347 e. The van der Waals surface area contributed by atoms with Crippen molar-refractivity contribution in [3.63, 3.8) is 0 Å². The quantitative estimate of drug-likeness (QED) is 0.155. The molecular formula is C31H30O6. The Morgan fingerprint density at radius 2 is 1.11 bits per heavy atom. The molecule has 0 spiro atoms. The maximum atomic E-state index is 12.2. The molecule has 0 aliphatic heterocycles. The van der Waals surface area contributed by atoms with Crippen LogP contribution in [0.2, 0.25) is 0 Å². The van der Waals surface area contributed by atoms with E-state index in [1.165, 1.54) is 7.11 Å². The van der Waals surface area contributed by atoms with Gasteiger partial charge in [0.15, 0.2) is 6.10 Å². The van der Waals surface area contributed by atoms with Crippen LogP contribution >= 0.6 is 0 Å². The van der Waals surface area contributed by atoms with Crippen molar-refractivity contribution < 1.29 is 28.5 Å². The zero-order valence-electron chi connectivity index (χ0n) is 20.7. The van der Waals surface area contributed by atoms with Crippen LogP contribution in [0.15, 0.2) is 109 Å². The number of rotatable bonds is 13. The van der Waals surface area contributed by atoms with E-state index in [0.29, 0.717) is 25.4 Å². The number of carbonyl (C=O) groups is 1. The first-order valence-corrected chi connectivity index (χ1v) is 12.2. The fourth-order valence-electron chi connectivity index (χ4n) is 3.57. The summed E-state index contributed by atoms with van der Waals surface area (Å²) >= 11 is 0. The van der Waals surface area contributed by atoms with Crippen molar-refractivity contribution in [1.82, 2.24) is 0 Å². The van der Waals surface area contributed by atoms with E-state index in [2.05, 4.69) is 0 Å². The molecule has 0 radical (unpaired) electrons. The van der Waals surface area contributed by atoms with Crippen LogP contribution in [-0.4, -0.2) is 32.4 Å². The summed E-state index contributed by atoms with van der Waals surface area (Å²) < 4.78 is 28.2. The van der Waals surface area contributed by atoms with Crippen LogP contribution in [0.3, 0.4) is 0 Å². The van der Waals surface area contributed by atoms with Gasteiger partial charge in [-0.2, -0.15) is 0 Å². The van der Waals surface area contributed by atoms with Gasteiger partial charge in [-0.15, -0.1) is 0 Å². The highest BCUT2D eigenvalue weighted by Gasteiger charge is 2.21. The van der Waals surface area contributed by atoms with Crippen LogP contribution in [0.1, 0.15) is 12.0 Å². The Morgan fingerprint density at radius 1 is 0.622 bits per heavy atom. The standard InChI is InChI=1S/C31H30O6/c1-33-31(32)30(37-28-11-6-3-7-12-28)23-24-13-15-25(16-14-24)34-21-8-22-35-26-17-19-29(20-18-26)36-27-9-4-2-5-10-27/h2-7,9-20,30H,8,21-23H2,1H3. The van der Waals surface area contributed by atoms with Gasteiger partial charge in [0.25, 0.3) is 0 Å². The van der Waals surface area contributed by atoms with Crippen LogP contribution in [0.4, 0.5) is 0 Å². The lowest BCUT2D eigenvalue weighted by atomic mass is 10.1. The molecule has 0 aliphatic rings. The second-order valence-electron chi connectivity index (χ2n) is 8.23. The molecule has 0 bridgehead atoms. The van der Waals surface area contributed by atoms with Crippen LogP contribution in [0.5, 0.6) is 28.7 Å². The van der Waals surface area contributed by atoms with E-state index >= 15 is 0 Å². The van der Waals surface area contributed by atoms with Crippen molar-refractivity contribution in [3.8, 4) is 28.7 Å². The lowest BCUT2D eigenvalue weighted by Crippen LogP contribution is -2.30. The number of esters is 1. The molecule has 0 saturated carbocycles. The first-order chi connectivity index (χ1) is 18.2. The minimum Gasteiger partial charge on any atom is -0.493 e. The van der Waals surface area contributed by atoms with Crippen molar-refractivity contribution in [3.05, 3.63) is 115 Å². The molecule has 4 aromatic rings. The third kappa shape index (κ3) is 8.32. The van der Waals surface area contributed by atoms with Crippen molar-refractivity contribution in [2.24, 2.45) is 0 Å². The van der Waals surface area contributed by atoms with Gasteiger partial charge in [-0.1, -0.05) is 48.5 Å². The Bertz CT molecular complexity index is 1210. The number of para-hydroxylation sites is 2. The highest BCUT2D eigenvalue weighted by Crippen LogP contribution is 2.24. The van der Waals surface area contributed by atoms with Crippen LogP contribution in [0, 0.1) is 0 Å². The highest BCUT2D eigenvalue weighted by molar-refractivity contribution is 5.75. The molecule has 37 heavy (non-hydrogen) atoms. The van der Waals surface area contributed by atoms with E-state index in [1.807, 2.05) is 109 Å². The minimum atomic E-state index is -0.727. The summed E-state index contributed by atoms with van der Waals surface area (Å²) in [5.74, 6) is 3.30. The largest absolute Gasteiger partial charge is 0.493 e. The predicted molar refractivity (Wildman–Crippen MR) is 142 cm³/mol. The average Bonchev–Trinajstić information content (AvgIpc) is 2.95. The van der Waals surface area contributed by atoms with Gasteiger partial charge in [0.05, 0.1) is 20.3 Å². The molecule has 0 N–H and O–H groups in total. The zero-order valence-corrected chi connectivity index (χ0v) is 20.7. The summed E-state index contributed by atoms with van der Waals surface area (Å²) in [5, 5.41) is 0. The average molecular weight is 499 g/mol. The van der Waals surface area contributed by atoms with Crippen LogP contribution in [-0.2, 0) is 16.0 Å². The van der Waals surface area contributed by atoms with Gasteiger partial charge in [-0.25, -0.2) is 4.79 Å². The highest BCUT2D eigenvalue weighted by atomic mass is 16.6. The zero-order chi connectivity index (χ0) is 25.7. The van der Waals surface area contributed by atoms with Crippen molar-refractivity contribution in [2.45, 2.75) is 18.9 Å². The summed E-state index contributed by atoms with van der Waals surface area (Å²) in [5.41, 5.74) is 0.946. The first kappa shape index (κ1) is 25.6. The van der Waals surface area contributed by atoms with E-state index in [4.69, 9.17) is 23.7 Å². The van der Waals surface area contributed by atoms with Gasteiger partial charge in [-0.05, 0) is 66.2 Å². The van der Waals surface area contributed by atoms with E-state index in [9.17, 15) is 4.79 Å². The van der Waals surface area contributed by atoms with Crippen molar-refractivity contribution in [2.75, 3.05) is 20.3 Å². The molecule has 4 aromatic carbocycles. The Labute approximate surface area is 217 Å². The van der Waals surface area contributed by atoms with Crippen molar-refractivity contribution in [1.29, 1.82) is 0 Å². The van der Waals surface area contributed by atoms with E-state index in [1.54, 1.807) is 0 Å². The number of benzene rings is 4. The summed E-state index contributed by atoms with van der Waals surface area (Å²) in [7, 11) is 1.36. The molecule has 6 nitrogen and oxygen atoms in total. The topological polar surface area (TPSA) is 63.2 Å². The Balaban J connectivity index is 1.17. The third-order valence-corrected chi connectivity index (χ3v) is 5.46. The molecule has 1 unspecified atom stereocenters. The summed E-state index contributed by atoms with van der Waals surface area (Å²) in [6, 6.07) is 34.1. The molecule has 0 amide bonds. The Hall–Kier alpha value is -4.45. The SMILES string of the molecule is COC(=O)C(Cc1ccc(OCCCOc2ccc(Oc3ccccc3)cc2)cc1)Oc1ccccc1. The number of ether oxygens (including phenoxy) is 5. The lowest BCUT2D eigenvalue weighted by molar-refractivity contribution is -0.148. The van der Waals surface area contributed by atoms with Crippen LogP contribution < -0.4 is 18.9 Å². The van der Waals surface area contributed by atoms with E-state index < -0.39 is 12.1 Å². The fourth-order valence-corrected chi connectivity index (χ4v) is 3.57. The molecular weight excluding hydrogens is 468 g/mol. The second-order valence-corrected chi connectivity index (χ2v) is 8.23. The predicted octanol–water partition coefficient (Wildman–Crippen LogP) is 6.49. The number of hydrogen-bond acceptors (Lipinski definition) is 6. The normalized spacial score (nSPS) is 11.3. The van der Waals surface area contributed by atoms with Gasteiger partial charge in [0.1, 0.15) is 28.7 Å². The third-order valence-electron chi connectivity index (χ3n) is 5.46. The summed E-state index contributed by atoms with van der Waals surface area (Å²) in [4.78, 5) is 12.2. The van der Waals surface area contributed by atoms with Gasteiger partial charge in [0, 0.05) is 12.8 Å². The van der Waals surface area contributed by atoms with E-state index in [-0.39, 0.29) is 0 Å². The summed E-state index contributed by atoms with van der Waals surface area (Å²) in [6.45, 7) is 1.06. The minimum absolute atomic E-state index is 0.394. The first-order valence-electron chi connectivity index (χ1n) is 12.2. The maximum Gasteiger partial charge on any atom is 0.347 e. The van der Waals surface area contributed by atoms with E-state index in [0.717, 1.165) is 35.0 Å². The Kier molecular flexibility index (Phi) is 9.42. The summed E-state index contributed by atoms with van der Waals surface area (Å²) in [6.07, 6.45) is 0.403. The molecule has 0 fully saturated rings. The molecule has 0 heterocycles. The van der Waals surface area contributed by atoms with Gasteiger partial charge < -0.3 is 23.7 Å². The van der Waals surface area contributed by atoms with Crippen LogP contribution in [0.25, 0.3) is 0 Å². The number of carbonyl (C=O) groups excluding carboxylic acids is 1. The maximum absolute atomic E-state index is 12.2. The molecule has 4 rings (SSSR count). The molecule has 6 heteroatoms. The second kappa shape index (κ2) is 13.6. The Morgan fingerprint density at radius 3 is 1.68 bits per heavy atom. The molecule has 0 saturated heterocycles. The number of methoxy groups -OCH3 is 1. The number of hydrogen-bond donors (Lipinski definition) is 0. The fraction of sp³-hybridized carbons (Fsp3) is 0.194. The lowest BCUT2D eigenvalue weighted by Gasteiger charge is -2.17. The van der Waals surface area contributed by atoms with Gasteiger partial charge in [0.2, 0.25) is 0 Å². The van der Waals surface area contributed by atoms with Gasteiger partial charge in [-0.3, -0.25) is 0 Å². The van der Waals surface area contributed by atoms with Gasteiger partial charge >= 0.3 is 5.97 Å². The van der Waals surface area contributed by atoms with Crippen molar-refractivity contribution >= 4 is 5.97 Å². The molecule has 0 aliphatic carbocycles. The monoisotopic (exact) mass is 498 g/mol. The molecule has 0 aromatic heterocycles.